The Bertz CT molecular complexity index is 1630. The minimum absolute atomic E-state index is 0.0155. The Morgan fingerprint density at radius 1 is 0.841 bits per heavy atom. The van der Waals surface area contributed by atoms with Crippen LogP contribution in [0.2, 0.25) is 0 Å². The first-order valence-corrected chi connectivity index (χ1v) is 16.1. The van der Waals surface area contributed by atoms with Crippen LogP contribution >= 0.6 is 0 Å². The zero-order chi connectivity index (χ0) is 31.5. The fourth-order valence-corrected chi connectivity index (χ4v) is 6.34. The molecule has 0 fully saturated rings. The quantitative estimate of drug-likeness (QED) is 0.207. The number of para-hydroxylation sites is 1. The van der Waals surface area contributed by atoms with E-state index in [9.17, 15) is 18.0 Å². The highest BCUT2D eigenvalue weighted by Crippen LogP contribution is 2.26. The molecule has 8 nitrogen and oxygen atoms in total. The van der Waals surface area contributed by atoms with Gasteiger partial charge in [0.25, 0.3) is 10.0 Å². The molecule has 1 N–H and O–H groups in total. The molecule has 0 saturated heterocycles. The number of rotatable bonds is 14. The summed E-state index contributed by atoms with van der Waals surface area (Å²) in [6.07, 6.45) is 1.00. The summed E-state index contributed by atoms with van der Waals surface area (Å²) in [5.41, 5.74) is 3.07. The molecule has 2 amide bonds. The first-order valence-electron chi connectivity index (χ1n) is 14.6. The van der Waals surface area contributed by atoms with Crippen LogP contribution in [0.25, 0.3) is 0 Å². The third-order valence-corrected chi connectivity index (χ3v) is 9.01. The van der Waals surface area contributed by atoms with E-state index in [0.29, 0.717) is 18.0 Å². The standard InChI is InChI=1S/C35H39N3O5S/c1-4-22-36-35(40)33(24-28-13-7-5-8-14-28)37(25-29-15-11-12-27(2)23-29)34(39)26-38(30-16-9-6-10-17-30)44(41,42)32-20-18-31(43-3)19-21-32/h5-21,23,33H,4,22,24-26H2,1-3H3,(H,36,40)/t33-/m1/s1. The number of carbonyl (C=O) groups excluding carboxylic acids is 2. The molecule has 44 heavy (non-hydrogen) atoms. The van der Waals surface area contributed by atoms with E-state index in [2.05, 4.69) is 5.32 Å². The van der Waals surface area contributed by atoms with Crippen molar-refractivity contribution in [3.8, 4) is 5.75 Å². The van der Waals surface area contributed by atoms with E-state index in [4.69, 9.17) is 4.74 Å². The molecule has 0 aromatic heterocycles. The second-order valence-electron chi connectivity index (χ2n) is 10.5. The van der Waals surface area contributed by atoms with Crippen molar-refractivity contribution >= 4 is 27.5 Å². The molecule has 0 aliphatic heterocycles. The minimum Gasteiger partial charge on any atom is -0.497 e. The molecule has 0 bridgehead atoms. The molecular formula is C35H39N3O5S. The van der Waals surface area contributed by atoms with E-state index >= 15 is 0 Å². The highest BCUT2D eigenvalue weighted by Gasteiger charge is 2.34. The monoisotopic (exact) mass is 613 g/mol. The van der Waals surface area contributed by atoms with Gasteiger partial charge in [-0.1, -0.05) is 85.3 Å². The Hall–Kier alpha value is -4.63. The molecule has 0 saturated carbocycles. The number of carbonyl (C=O) groups is 2. The second-order valence-corrected chi connectivity index (χ2v) is 12.4. The van der Waals surface area contributed by atoms with Crippen LogP contribution in [-0.2, 0) is 32.6 Å². The van der Waals surface area contributed by atoms with Gasteiger partial charge in [-0.2, -0.15) is 0 Å². The Morgan fingerprint density at radius 2 is 1.48 bits per heavy atom. The van der Waals surface area contributed by atoms with Gasteiger partial charge < -0.3 is 15.0 Å². The summed E-state index contributed by atoms with van der Waals surface area (Å²) >= 11 is 0. The molecule has 4 aromatic carbocycles. The van der Waals surface area contributed by atoms with Crippen molar-refractivity contribution in [1.82, 2.24) is 10.2 Å². The Labute approximate surface area is 260 Å². The summed E-state index contributed by atoms with van der Waals surface area (Å²) in [4.78, 5) is 29.6. The van der Waals surface area contributed by atoms with Gasteiger partial charge in [-0.25, -0.2) is 8.42 Å². The molecule has 4 rings (SSSR count). The maximum absolute atomic E-state index is 14.4. The largest absolute Gasteiger partial charge is 0.497 e. The van der Waals surface area contributed by atoms with E-state index in [-0.39, 0.29) is 23.8 Å². The molecule has 1 atom stereocenters. The fourth-order valence-electron chi connectivity index (χ4n) is 4.93. The van der Waals surface area contributed by atoms with Gasteiger partial charge in [0, 0.05) is 19.5 Å². The molecule has 0 unspecified atom stereocenters. The molecule has 0 aliphatic carbocycles. The van der Waals surface area contributed by atoms with Crippen molar-refractivity contribution in [2.45, 2.75) is 44.2 Å². The number of nitrogens with one attached hydrogen (secondary N) is 1. The van der Waals surface area contributed by atoms with Crippen LogP contribution in [0.15, 0.2) is 114 Å². The maximum atomic E-state index is 14.4. The van der Waals surface area contributed by atoms with E-state index in [0.717, 1.165) is 27.4 Å². The van der Waals surface area contributed by atoms with Crippen molar-refractivity contribution < 1.29 is 22.7 Å². The predicted molar refractivity (Wildman–Crippen MR) is 173 cm³/mol. The number of hydrogen-bond donors (Lipinski definition) is 1. The first-order chi connectivity index (χ1) is 21.2. The number of sulfonamides is 1. The minimum atomic E-state index is -4.18. The Morgan fingerprint density at radius 3 is 2.09 bits per heavy atom. The lowest BCUT2D eigenvalue weighted by Crippen LogP contribution is -2.53. The number of anilines is 1. The summed E-state index contributed by atoms with van der Waals surface area (Å²) in [7, 11) is -2.67. The van der Waals surface area contributed by atoms with Crippen molar-refractivity contribution in [2.24, 2.45) is 0 Å². The van der Waals surface area contributed by atoms with Gasteiger partial charge >= 0.3 is 0 Å². The molecule has 4 aromatic rings. The lowest BCUT2D eigenvalue weighted by atomic mass is 10.0. The van der Waals surface area contributed by atoms with Gasteiger partial charge in [0.05, 0.1) is 17.7 Å². The number of hydrogen-bond acceptors (Lipinski definition) is 5. The lowest BCUT2D eigenvalue weighted by molar-refractivity contribution is -0.140. The van der Waals surface area contributed by atoms with Crippen LogP contribution in [0, 0.1) is 6.92 Å². The van der Waals surface area contributed by atoms with Crippen molar-refractivity contribution in [1.29, 1.82) is 0 Å². The van der Waals surface area contributed by atoms with Gasteiger partial charge in [-0.15, -0.1) is 0 Å². The zero-order valence-electron chi connectivity index (χ0n) is 25.3. The SMILES string of the molecule is CCCNC(=O)[C@@H](Cc1ccccc1)N(Cc1cccc(C)c1)C(=O)CN(c1ccccc1)S(=O)(=O)c1ccc(OC)cc1. The topological polar surface area (TPSA) is 96.0 Å². The van der Waals surface area contributed by atoms with E-state index < -0.39 is 28.5 Å². The average molecular weight is 614 g/mol. The molecule has 0 heterocycles. The third-order valence-electron chi connectivity index (χ3n) is 7.23. The van der Waals surface area contributed by atoms with Crippen molar-refractivity contribution in [3.63, 3.8) is 0 Å². The van der Waals surface area contributed by atoms with Gasteiger partial charge in [-0.3, -0.25) is 13.9 Å². The normalized spacial score (nSPS) is 11.8. The number of methoxy groups -OCH3 is 1. The summed E-state index contributed by atoms with van der Waals surface area (Å²) in [6.45, 7) is 4.01. The summed E-state index contributed by atoms with van der Waals surface area (Å²) in [5, 5.41) is 2.96. The fraction of sp³-hybridized carbons (Fsp3) is 0.257. The molecule has 0 radical (unpaired) electrons. The Kier molecular flexibility index (Phi) is 11.2. The van der Waals surface area contributed by atoms with E-state index in [1.165, 1.54) is 24.1 Å². The van der Waals surface area contributed by atoms with Crippen LogP contribution in [-0.4, -0.2) is 51.4 Å². The zero-order valence-corrected chi connectivity index (χ0v) is 26.2. The van der Waals surface area contributed by atoms with Crippen LogP contribution in [0.1, 0.15) is 30.0 Å². The summed E-state index contributed by atoms with van der Waals surface area (Å²) < 4.78 is 34.4. The highest BCUT2D eigenvalue weighted by atomic mass is 32.2. The van der Waals surface area contributed by atoms with Crippen LogP contribution in [0.4, 0.5) is 5.69 Å². The summed E-state index contributed by atoms with van der Waals surface area (Å²) in [6, 6.07) is 30.9. The Balaban J connectivity index is 1.77. The third kappa shape index (κ3) is 8.26. The number of aryl methyl sites for hydroxylation is 1. The van der Waals surface area contributed by atoms with E-state index in [1.807, 2.05) is 68.4 Å². The number of amides is 2. The average Bonchev–Trinajstić information content (AvgIpc) is 3.04. The van der Waals surface area contributed by atoms with Gasteiger partial charge in [0.2, 0.25) is 11.8 Å². The van der Waals surface area contributed by atoms with Crippen LogP contribution in [0.5, 0.6) is 5.75 Å². The molecule has 9 heteroatoms. The van der Waals surface area contributed by atoms with Gasteiger partial charge in [0.15, 0.2) is 0 Å². The summed E-state index contributed by atoms with van der Waals surface area (Å²) in [5.74, 6) is -0.279. The first kappa shape index (κ1) is 32.3. The number of ether oxygens (including phenoxy) is 1. The van der Waals surface area contributed by atoms with Crippen LogP contribution < -0.4 is 14.4 Å². The smallest absolute Gasteiger partial charge is 0.264 e. The lowest BCUT2D eigenvalue weighted by Gasteiger charge is -2.34. The number of benzene rings is 4. The van der Waals surface area contributed by atoms with Crippen molar-refractivity contribution in [3.05, 3.63) is 126 Å². The van der Waals surface area contributed by atoms with Gasteiger partial charge in [-0.05, 0) is 60.9 Å². The maximum Gasteiger partial charge on any atom is 0.264 e. The molecule has 0 aliphatic rings. The second kappa shape index (κ2) is 15.2. The highest BCUT2D eigenvalue weighted by molar-refractivity contribution is 7.92. The molecular weight excluding hydrogens is 574 g/mol. The van der Waals surface area contributed by atoms with Gasteiger partial charge in [0.1, 0.15) is 18.3 Å². The van der Waals surface area contributed by atoms with Crippen LogP contribution in [0.3, 0.4) is 0 Å². The molecule has 0 spiro atoms. The number of nitrogens with zero attached hydrogens (tertiary/aromatic N) is 2. The van der Waals surface area contributed by atoms with Crippen molar-refractivity contribution in [2.75, 3.05) is 24.5 Å². The molecule has 230 valence electrons. The predicted octanol–water partition coefficient (Wildman–Crippen LogP) is 5.37. The van der Waals surface area contributed by atoms with E-state index in [1.54, 1.807) is 42.5 Å².